The van der Waals surface area contributed by atoms with Crippen molar-refractivity contribution in [1.29, 1.82) is 0 Å². The minimum absolute atomic E-state index is 0.192. The van der Waals surface area contributed by atoms with E-state index in [1.54, 1.807) is 23.2 Å². The van der Waals surface area contributed by atoms with Gasteiger partial charge in [0.1, 0.15) is 17.7 Å². The summed E-state index contributed by atoms with van der Waals surface area (Å²) in [6, 6.07) is 5.75. The molecular formula is C17H21FN4O2. The van der Waals surface area contributed by atoms with E-state index in [0.29, 0.717) is 31.1 Å². The minimum Gasteiger partial charge on any atom is -0.367 e. The molecule has 1 aliphatic heterocycles. The quantitative estimate of drug-likeness (QED) is 0.928. The summed E-state index contributed by atoms with van der Waals surface area (Å²) in [5.41, 5.74) is 1.34. The molecule has 1 N–H and O–H groups in total. The molecule has 1 amide bonds. The molecule has 0 radical (unpaired) electrons. The maximum atomic E-state index is 13.3. The van der Waals surface area contributed by atoms with Crippen molar-refractivity contribution in [3.63, 3.8) is 0 Å². The largest absolute Gasteiger partial charge is 0.367 e. The van der Waals surface area contributed by atoms with Crippen LogP contribution in [-0.4, -0.2) is 59.5 Å². The maximum absolute atomic E-state index is 13.3. The number of imidazole rings is 1. The van der Waals surface area contributed by atoms with Crippen LogP contribution in [0.25, 0.3) is 0 Å². The van der Waals surface area contributed by atoms with Crippen molar-refractivity contribution >= 4 is 5.91 Å². The lowest BCUT2D eigenvalue weighted by atomic mass is 10.1. The first-order valence-corrected chi connectivity index (χ1v) is 7.88. The number of H-pyrrole nitrogens is 1. The molecule has 1 atom stereocenters. The van der Waals surface area contributed by atoms with Crippen LogP contribution in [0.2, 0.25) is 0 Å². The lowest BCUT2D eigenvalue weighted by molar-refractivity contribution is -0.0265. The van der Waals surface area contributed by atoms with Crippen LogP contribution in [0.4, 0.5) is 4.39 Å². The lowest BCUT2D eigenvalue weighted by Crippen LogP contribution is -2.42. The van der Waals surface area contributed by atoms with Gasteiger partial charge in [-0.1, -0.05) is 6.07 Å². The Kier molecular flexibility index (Phi) is 4.92. The van der Waals surface area contributed by atoms with Crippen LogP contribution < -0.4 is 0 Å². The normalized spacial score (nSPS) is 18.2. The van der Waals surface area contributed by atoms with Gasteiger partial charge < -0.3 is 19.5 Å². The Morgan fingerprint density at radius 3 is 3.08 bits per heavy atom. The summed E-state index contributed by atoms with van der Waals surface area (Å²) < 4.78 is 19.1. The van der Waals surface area contributed by atoms with E-state index in [4.69, 9.17) is 4.74 Å². The molecule has 24 heavy (non-hydrogen) atoms. The molecule has 2 heterocycles. The van der Waals surface area contributed by atoms with Crippen molar-refractivity contribution in [2.45, 2.75) is 12.6 Å². The van der Waals surface area contributed by atoms with Gasteiger partial charge in [0.05, 0.1) is 13.2 Å². The number of aromatic nitrogens is 2. The van der Waals surface area contributed by atoms with Crippen molar-refractivity contribution < 1.29 is 13.9 Å². The molecule has 0 spiro atoms. The van der Waals surface area contributed by atoms with Crippen molar-refractivity contribution in [2.75, 3.05) is 33.8 Å². The summed E-state index contributed by atoms with van der Waals surface area (Å²) in [5.74, 6) is 0.108. The molecule has 0 unspecified atom stereocenters. The second kappa shape index (κ2) is 7.11. The van der Waals surface area contributed by atoms with Crippen LogP contribution in [0, 0.1) is 5.82 Å². The first-order chi connectivity index (χ1) is 11.5. The van der Waals surface area contributed by atoms with Gasteiger partial charge in [-0.2, -0.15) is 0 Å². The van der Waals surface area contributed by atoms with E-state index in [1.165, 1.54) is 12.1 Å². The van der Waals surface area contributed by atoms with Gasteiger partial charge in [-0.3, -0.25) is 4.79 Å². The molecular weight excluding hydrogens is 311 g/mol. The Morgan fingerprint density at radius 1 is 1.50 bits per heavy atom. The third-order valence-electron chi connectivity index (χ3n) is 3.86. The number of ether oxygens (including phenoxy) is 1. The molecule has 1 aromatic heterocycles. The number of morpholine rings is 1. The SMILES string of the molecule is CN(C)Cc1cnc([C@@H]2CN(C(=O)c3cccc(F)c3)CCO2)[nH]1. The van der Waals surface area contributed by atoms with E-state index in [1.807, 2.05) is 19.0 Å². The van der Waals surface area contributed by atoms with Crippen molar-refractivity contribution in [2.24, 2.45) is 0 Å². The van der Waals surface area contributed by atoms with Crippen molar-refractivity contribution in [3.8, 4) is 0 Å². The summed E-state index contributed by atoms with van der Waals surface area (Å²) in [5, 5.41) is 0. The fraction of sp³-hybridized carbons (Fsp3) is 0.412. The number of carbonyl (C=O) groups excluding carboxylic acids is 1. The van der Waals surface area contributed by atoms with Crippen LogP contribution in [0.15, 0.2) is 30.5 Å². The van der Waals surface area contributed by atoms with Crippen molar-refractivity contribution in [3.05, 3.63) is 53.4 Å². The van der Waals surface area contributed by atoms with E-state index >= 15 is 0 Å². The van der Waals surface area contributed by atoms with Gasteiger partial charge >= 0.3 is 0 Å². The summed E-state index contributed by atoms with van der Waals surface area (Å²) in [4.78, 5) is 23.9. The highest BCUT2D eigenvalue weighted by Crippen LogP contribution is 2.21. The molecule has 0 saturated carbocycles. The molecule has 0 aliphatic carbocycles. The third-order valence-corrected chi connectivity index (χ3v) is 3.86. The standard InChI is InChI=1S/C17H21FN4O2/c1-21(2)10-14-9-19-16(20-14)15-11-22(6-7-24-15)17(23)12-4-3-5-13(18)8-12/h3-5,8-9,15H,6-7,10-11H2,1-2H3,(H,19,20)/t15-/m0/s1. The number of carbonyl (C=O) groups is 1. The molecule has 6 nitrogen and oxygen atoms in total. The number of hydrogen-bond acceptors (Lipinski definition) is 4. The third kappa shape index (κ3) is 3.80. The number of amides is 1. The van der Waals surface area contributed by atoms with E-state index in [2.05, 4.69) is 9.97 Å². The van der Waals surface area contributed by atoms with E-state index in [9.17, 15) is 9.18 Å². The lowest BCUT2D eigenvalue weighted by Gasteiger charge is -2.32. The first kappa shape index (κ1) is 16.6. The topological polar surface area (TPSA) is 61.5 Å². The number of nitrogens with zero attached hydrogens (tertiary/aromatic N) is 3. The van der Waals surface area contributed by atoms with E-state index in [0.717, 1.165) is 12.2 Å². The highest BCUT2D eigenvalue weighted by atomic mass is 19.1. The Hall–Kier alpha value is -2.25. The number of nitrogens with one attached hydrogen (secondary N) is 1. The molecule has 1 saturated heterocycles. The predicted molar refractivity (Wildman–Crippen MR) is 87.0 cm³/mol. The average molecular weight is 332 g/mol. The summed E-state index contributed by atoms with van der Waals surface area (Å²) >= 11 is 0. The molecule has 1 aromatic carbocycles. The zero-order valence-electron chi connectivity index (χ0n) is 13.8. The highest BCUT2D eigenvalue weighted by Gasteiger charge is 2.28. The van der Waals surface area contributed by atoms with Gasteiger partial charge in [-0.15, -0.1) is 0 Å². The second-order valence-corrected chi connectivity index (χ2v) is 6.15. The van der Waals surface area contributed by atoms with Gasteiger partial charge in [0.25, 0.3) is 5.91 Å². The first-order valence-electron chi connectivity index (χ1n) is 7.88. The van der Waals surface area contributed by atoms with Crippen LogP contribution in [0.3, 0.4) is 0 Å². The molecule has 7 heteroatoms. The zero-order chi connectivity index (χ0) is 17.1. The average Bonchev–Trinajstić information content (AvgIpc) is 3.02. The maximum Gasteiger partial charge on any atom is 0.254 e. The van der Waals surface area contributed by atoms with Crippen LogP contribution in [-0.2, 0) is 11.3 Å². The van der Waals surface area contributed by atoms with Crippen LogP contribution in [0.5, 0.6) is 0 Å². The Bertz CT molecular complexity index is 716. The number of halogens is 1. The van der Waals surface area contributed by atoms with Gasteiger partial charge in [0, 0.05) is 30.5 Å². The monoisotopic (exact) mass is 332 g/mol. The van der Waals surface area contributed by atoms with Gasteiger partial charge in [-0.05, 0) is 32.3 Å². The number of aromatic amines is 1. The summed E-state index contributed by atoms with van der Waals surface area (Å²) in [6.07, 6.45) is 1.48. The second-order valence-electron chi connectivity index (χ2n) is 6.15. The molecule has 128 valence electrons. The van der Waals surface area contributed by atoms with Gasteiger partial charge in [0.15, 0.2) is 0 Å². The Balaban J connectivity index is 1.70. The predicted octanol–water partition coefficient (Wildman–Crippen LogP) is 1.82. The molecule has 2 aromatic rings. The van der Waals surface area contributed by atoms with Gasteiger partial charge in [-0.25, -0.2) is 9.37 Å². The molecule has 3 rings (SSSR count). The van der Waals surface area contributed by atoms with Gasteiger partial charge in [0.2, 0.25) is 0 Å². The van der Waals surface area contributed by atoms with Crippen molar-refractivity contribution in [1.82, 2.24) is 19.8 Å². The Labute approximate surface area is 140 Å². The highest BCUT2D eigenvalue weighted by molar-refractivity contribution is 5.94. The fourth-order valence-electron chi connectivity index (χ4n) is 2.76. The van der Waals surface area contributed by atoms with E-state index in [-0.39, 0.29) is 12.0 Å². The number of benzene rings is 1. The van der Waals surface area contributed by atoms with Crippen LogP contribution >= 0.6 is 0 Å². The number of hydrogen-bond donors (Lipinski definition) is 1. The fourth-order valence-corrected chi connectivity index (χ4v) is 2.76. The Morgan fingerprint density at radius 2 is 2.33 bits per heavy atom. The zero-order valence-corrected chi connectivity index (χ0v) is 13.8. The van der Waals surface area contributed by atoms with Crippen LogP contribution in [0.1, 0.15) is 28.0 Å². The molecule has 1 aliphatic rings. The minimum atomic E-state index is -0.412. The number of rotatable bonds is 4. The smallest absolute Gasteiger partial charge is 0.254 e. The summed E-state index contributed by atoms with van der Waals surface area (Å²) in [6.45, 7) is 2.06. The summed E-state index contributed by atoms with van der Waals surface area (Å²) in [7, 11) is 3.97. The van der Waals surface area contributed by atoms with E-state index < -0.39 is 5.82 Å². The molecule has 0 bridgehead atoms. The molecule has 1 fully saturated rings.